The molecule has 1 aliphatic rings. The van der Waals surface area contributed by atoms with Crippen molar-refractivity contribution in [2.24, 2.45) is 0 Å². The zero-order valence-electron chi connectivity index (χ0n) is 11.8. The number of hydrogen-bond acceptors (Lipinski definition) is 0. The molecule has 1 aliphatic carbocycles. The van der Waals surface area contributed by atoms with Crippen molar-refractivity contribution in [3.63, 3.8) is 0 Å². The molecule has 0 heterocycles. The summed E-state index contributed by atoms with van der Waals surface area (Å²) in [6.45, 7) is 2.18. The van der Waals surface area contributed by atoms with Crippen molar-refractivity contribution < 1.29 is 0 Å². The molecular formula is C20H15Br. The van der Waals surface area contributed by atoms with Gasteiger partial charge in [0, 0.05) is 10.4 Å². The van der Waals surface area contributed by atoms with Crippen LogP contribution < -0.4 is 0 Å². The van der Waals surface area contributed by atoms with Gasteiger partial charge in [0.1, 0.15) is 0 Å². The number of allylic oxidation sites excluding steroid dienone is 1. The summed E-state index contributed by atoms with van der Waals surface area (Å²) in [5.74, 6) is 0.359. The minimum absolute atomic E-state index is 0.359. The molecule has 0 spiro atoms. The molecule has 0 radical (unpaired) electrons. The first-order valence-electron chi connectivity index (χ1n) is 7.19. The number of hydrogen-bond donors (Lipinski definition) is 0. The van der Waals surface area contributed by atoms with Gasteiger partial charge in [-0.1, -0.05) is 76.1 Å². The highest BCUT2D eigenvalue weighted by Gasteiger charge is 2.20. The molecule has 0 saturated carbocycles. The third kappa shape index (κ3) is 2.13. The monoisotopic (exact) mass is 334 g/mol. The smallest absolute Gasteiger partial charge is 0.0285 e. The maximum absolute atomic E-state index is 3.61. The molecule has 1 atom stereocenters. The standard InChI is InChI=1S/C20H15Br/c1-13-10-15-6-8-16(21)12-19(15)20(11-13)18-9-7-14-4-2-3-5-17(14)18/h2-12,18H,1H3. The van der Waals surface area contributed by atoms with Gasteiger partial charge in [0.05, 0.1) is 0 Å². The normalized spacial score (nSPS) is 16.4. The first-order chi connectivity index (χ1) is 10.2. The average Bonchev–Trinajstić information content (AvgIpc) is 2.91. The molecule has 102 valence electrons. The van der Waals surface area contributed by atoms with Crippen LogP contribution in [0.15, 0.2) is 65.1 Å². The topological polar surface area (TPSA) is 0 Å². The average molecular weight is 335 g/mol. The van der Waals surface area contributed by atoms with E-state index in [0.717, 1.165) is 4.47 Å². The fourth-order valence-corrected chi connectivity index (χ4v) is 3.65. The maximum Gasteiger partial charge on any atom is 0.0285 e. The number of fused-ring (bicyclic) bond motifs is 2. The van der Waals surface area contributed by atoms with Crippen molar-refractivity contribution >= 4 is 32.8 Å². The van der Waals surface area contributed by atoms with E-state index in [9.17, 15) is 0 Å². The van der Waals surface area contributed by atoms with Crippen LogP contribution in [-0.4, -0.2) is 0 Å². The highest BCUT2D eigenvalue weighted by Crippen LogP contribution is 2.39. The fourth-order valence-electron chi connectivity index (χ4n) is 3.29. The molecular weight excluding hydrogens is 320 g/mol. The Morgan fingerprint density at radius 1 is 0.905 bits per heavy atom. The van der Waals surface area contributed by atoms with Gasteiger partial charge < -0.3 is 0 Å². The van der Waals surface area contributed by atoms with Gasteiger partial charge in [-0.15, -0.1) is 0 Å². The summed E-state index contributed by atoms with van der Waals surface area (Å²) in [6.07, 6.45) is 4.56. The lowest BCUT2D eigenvalue weighted by Gasteiger charge is -2.16. The van der Waals surface area contributed by atoms with Crippen LogP contribution in [-0.2, 0) is 0 Å². The van der Waals surface area contributed by atoms with Crippen molar-refractivity contribution in [3.8, 4) is 0 Å². The van der Waals surface area contributed by atoms with E-state index in [-0.39, 0.29) is 0 Å². The van der Waals surface area contributed by atoms with E-state index in [1.54, 1.807) is 0 Å². The molecule has 21 heavy (non-hydrogen) atoms. The fraction of sp³-hybridized carbons (Fsp3) is 0.100. The quantitative estimate of drug-likeness (QED) is 0.506. The summed E-state index contributed by atoms with van der Waals surface area (Å²) in [6, 6.07) is 19.8. The lowest BCUT2D eigenvalue weighted by atomic mass is 9.88. The van der Waals surface area contributed by atoms with Gasteiger partial charge in [-0.05, 0) is 46.5 Å². The maximum atomic E-state index is 3.61. The van der Waals surface area contributed by atoms with Crippen molar-refractivity contribution in [1.82, 2.24) is 0 Å². The van der Waals surface area contributed by atoms with Gasteiger partial charge in [0.25, 0.3) is 0 Å². The lowest BCUT2D eigenvalue weighted by molar-refractivity contribution is 1.06. The first kappa shape index (κ1) is 12.8. The molecule has 0 nitrogen and oxygen atoms in total. The molecule has 0 saturated heterocycles. The number of rotatable bonds is 1. The van der Waals surface area contributed by atoms with Crippen molar-refractivity contribution in [3.05, 3.63) is 87.4 Å². The summed E-state index contributed by atoms with van der Waals surface area (Å²) in [5.41, 5.74) is 5.46. The Morgan fingerprint density at radius 2 is 1.76 bits per heavy atom. The Kier molecular flexibility index (Phi) is 2.97. The summed E-state index contributed by atoms with van der Waals surface area (Å²) in [7, 11) is 0. The van der Waals surface area contributed by atoms with Gasteiger partial charge in [0.15, 0.2) is 0 Å². The van der Waals surface area contributed by atoms with E-state index < -0.39 is 0 Å². The zero-order chi connectivity index (χ0) is 14.4. The largest absolute Gasteiger partial charge is 0.0720 e. The first-order valence-corrected chi connectivity index (χ1v) is 7.98. The van der Waals surface area contributed by atoms with Crippen molar-refractivity contribution in [2.45, 2.75) is 12.8 Å². The lowest BCUT2D eigenvalue weighted by Crippen LogP contribution is -1.98. The van der Waals surface area contributed by atoms with Crippen LogP contribution in [0, 0.1) is 6.92 Å². The highest BCUT2D eigenvalue weighted by molar-refractivity contribution is 9.10. The van der Waals surface area contributed by atoms with E-state index in [2.05, 4.69) is 89.6 Å². The molecule has 4 rings (SSSR count). The molecule has 1 unspecified atom stereocenters. The number of halogens is 1. The van der Waals surface area contributed by atoms with Crippen molar-refractivity contribution in [1.29, 1.82) is 0 Å². The minimum Gasteiger partial charge on any atom is -0.0720 e. The van der Waals surface area contributed by atoms with Crippen LogP contribution in [0.1, 0.15) is 28.2 Å². The molecule has 0 aromatic heterocycles. The predicted octanol–water partition coefficient (Wildman–Crippen LogP) is 6.07. The Balaban J connectivity index is 1.99. The SMILES string of the molecule is Cc1cc(C2C=Cc3ccccc32)c2cc(Br)ccc2c1. The van der Waals surface area contributed by atoms with Gasteiger partial charge >= 0.3 is 0 Å². The molecule has 3 aromatic rings. The Bertz CT molecular complexity index is 874. The van der Waals surface area contributed by atoms with Crippen LogP contribution in [0.5, 0.6) is 0 Å². The molecule has 0 fully saturated rings. The third-order valence-electron chi connectivity index (χ3n) is 4.23. The van der Waals surface area contributed by atoms with Crippen molar-refractivity contribution in [2.75, 3.05) is 0 Å². The second kappa shape index (κ2) is 4.85. The number of benzene rings is 3. The highest BCUT2D eigenvalue weighted by atomic mass is 79.9. The minimum atomic E-state index is 0.359. The summed E-state index contributed by atoms with van der Waals surface area (Å²) in [4.78, 5) is 0. The van der Waals surface area contributed by atoms with E-state index in [4.69, 9.17) is 0 Å². The Morgan fingerprint density at radius 3 is 2.67 bits per heavy atom. The second-order valence-corrected chi connectivity index (χ2v) is 6.60. The molecule has 0 aliphatic heterocycles. The second-order valence-electron chi connectivity index (χ2n) is 5.69. The van der Waals surface area contributed by atoms with E-state index in [0.29, 0.717) is 5.92 Å². The molecule has 0 amide bonds. The zero-order valence-corrected chi connectivity index (χ0v) is 13.4. The van der Waals surface area contributed by atoms with E-state index in [1.807, 2.05) is 0 Å². The third-order valence-corrected chi connectivity index (χ3v) is 4.72. The van der Waals surface area contributed by atoms with Crippen LogP contribution in [0.3, 0.4) is 0 Å². The summed E-state index contributed by atoms with van der Waals surface area (Å²) >= 11 is 3.61. The van der Waals surface area contributed by atoms with Crippen LogP contribution >= 0.6 is 15.9 Å². The van der Waals surface area contributed by atoms with E-state index >= 15 is 0 Å². The Labute approximate surface area is 133 Å². The van der Waals surface area contributed by atoms with Crippen LogP contribution in [0.2, 0.25) is 0 Å². The van der Waals surface area contributed by atoms with E-state index in [1.165, 1.54) is 33.0 Å². The molecule has 1 heteroatoms. The molecule has 0 bridgehead atoms. The van der Waals surface area contributed by atoms with Crippen LogP contribution in [0.25, 0.3) is 16.8 Å². The Hall–Kier alpha value is -1.86. The molecule has 3 aromatic carbocycles. The van der Waals surface area contributed by atoms with Gasteiger partial charge in [-0.2, -0.15) is 0 Å². The predicted molar refractivity (Wildman–Crippen MR) is 93.7 cm³/mol. The number of aryl methyl sites for hydroxylation is 1. The van der Waals surface area contributed by atoms with Gasteiger partial charge in [-0.3, -0.25) is 0 Å². The summed E-state index contributed by atoms with van der Waals surface area (Å²) < 4.78 is 1.13. The van der Waals surface area contributed by atoms with Gasteiger partial charge in [-0.25, -0.2) is 0 Å². The summed E-state index contributed by atoms with van der Waals surface area (Å²) in [5, 5.41) is 2.65. The van der Waals surface area contributed by atoms with Gasteiger partial charge in [0.2, 0.25) is 0 Å². The van der Waals surface area contributed by atoms with Crippen LogP contribution in [0.4, 0.5) is 0 Å². The molecule has 0 N–H and O–H groups in total.